The first-order valence-corrected chi connectivity index (χ1v) is 9.81. The lowest BCUT2D eigenvalue weighted by Crippen LogP contribution is -2.22. The molecule has 0 amide bonds. The van der Waals surface area contributed by atoms with E-state index in [1.165, 1.54) is 18.2 Å². The molecule has 154 valence electrons. The van der Waals surface area contributed by atoms with Crippen LogP contribution in [0.3, 0.4) is 0 Å². The fraction of sp³-hybridized carbons (Fsp3) is 0.0435. The molecule has 0 saturated heterocycles. The van der Waals surface area contributed by atoms with Gasteiger partial charge in [0.05, 0.1) is 11.5 Å². The number of hydrogen-bond donors (Lipinski definition) is 1. The summed E-state index contributed by atoms with van der Waals surface area (Å²) in [6.45, 7) is 0. The summed E-state index contributed by atoms with van der Waals surface area (Å²) in [5.41, 5.74) is 6.74. The monoisotopic (exact) mass is 482 g/mol. The molecule has 0 fully saturated rings. The highest BCUT2D eigenvalue weighted by atomic mass is 79.9. The van der Waals surface area contributed by atoms with Gasteiger partial charge in [0.1, 0.15) is 34.8 Å². The van der Waals surface area contributed by atoms with Crippen molar-refractivity contribution in [2.24, 2.45) is 5.73 Å². The van der Waals surface area contributed by atoms with E-state index in [2.05, 4.69) is 15.9 Å². The van der Waals surface area contributed by atoms with Crippen LogP contribution < -0.4 is 15.2 Å². The second-order valence-electron chi connectivity index (χ2n) is 6.69. The highest BCUT2D eigenvalue weighted by molar-refractivity contribution is 9.10. The van der Waals surface area contributed by atoms with E-state index in [1.807, 2.05) is 6.07 Å². The summed E-state index contributed by atoms with van der Waals surface area (Å²) in [6, 6.07) is 16.2. The Kier molecular flexibility index (Phi) is 5.44. The molecule has 0 saturated carbocycles. The molecule has 1 aliphatic rings. The molecule has 3 aromatic rings. The van der Waals surface area contributed by atoms with Crippen LogP contribution in [0.1, 0.15) is 27.4 Å². The summed E-state index contributed by atoms with van der Waals surface area (Å²) in [7, 11) is 0. The first kappa shape index (κ1) is 20.6. The summed E-state index contributed by atoms with van der Waals surface area (Å²) in [6.07, 6.45) is 0. The number of halogens is 3. The largest absolute Gasteiger partial charge is 0.440 e. The Balaban J connectivity index is 1.71. The standard InChI is InChI=1S/C23H13BrF2N2O3/c24-13-3-1-12(2-4-13)23(29)30-15-6-8-17-20(10-15)31-22(28)18(11-27)21(17)16-7-5-14(25)9-19(16)26/h1-10,21H,28H2/t21-/m0/s1. The fourth-order valence-corrected chi connectivity index (χ4v) is 3.57. The van der Waals surface area contributed by atoms with Gasteiger partial charge in [0.2, 0.25) is 5.88 Å². The van der Waals surface area contributed by atoms with Gasteiger partial charge in [-0.2, -0.15) is 5.26 Å². The molecular weight excluding hydrogens is 470 g/mol. The van der Waals surface area contributed by atoms with Crippen LogP contribution >= 0.6 is 15.9 Å². The SMILES string of the molecule is N#CC1=C(N)Oc2cc(OC(=O)c3ccc(Br)cc3)ccc2[C@@H]1c1ccc(F)cc1F. The van der Waals surface area contributed by atoms with Crippen molar-refractivity contribution in [3.63, 3.8) is 0 Å². The molecule has 0 radical (unpaired) electrons. The van der Waals surface area contributed by atoms with E-state index in [9.17, 15) is 18.8 Å². The second-order valence-corrected chi connectivity index (χ2v) is 7.60. The van der Waals surface area contributed by atoms with Crippen LogP contribution in [0.5, 0.6) is 11.5 Å². The zero-order valence-electron chi connectivity index (χ0n) is 15.7. The minimum atomic E-state index is -0.898. The highest BCUT2D eigenvalue weighted by Gasteiger charge is 2.33. The van der Waals surface area contributed by atoms with Crippen LogP contribution in [0.2, 0.25) is 0 Å². The second kappa shape index (κ2) is 8.20. The Bertz CT molecular complexity index is 1270. The highest BCUT2D eigenvalue weighted by Crippen LogP contribution is 2.44. The third-order valence-corrected chi connectivity index (χ3v) is 5.28. The van der Waals surface area contributed by atoms with Crippen LogP contribution in [0.15, 0.2) is 76.6 Å². The minimum absolute atomic E-state index is 0.00221. The number of esters is 1. The zero-order valence-corrected chi connectivity index (χ0v) is 17.3. The van der Waals surface area contributed by atoms with Crippen molar-refractivity contribution >= 4 is 21.9 Å². The van der Waals surface area contributed by atoms with Crippen molar-refractivity contribution in [1.29, 1.82) is 5.26 Å². The zero-order chi connectivity index (χ0) is 22.1. The van der Waals surface area contributed by atoms with Crippen LogP contribution in [0.25, 0.3) is 0 Å². The summed E-state index contributed by atoms with van der Waals surface area (Å²) in [5, 5.41) is 9.55. The van der Waals surface area contributed by atoms with E-state index in [-0.39, 0.29) is 28.5 Å². The molecule has 0 aliphatic carbocycles. The quantitative estimate of drug-likeness (QED) is 0.411. The van der Waals surface area contributed by atoms with E-state index in [0.717, 1.165) is 16.6 Å². The van der Waals surface area contributed by atoms with E-state index in [0.29, 0.717) is 11.1 Å². The lowest BCUT2D eigenvalue weighted by molar-refractivity contribution is 0.0734. The molecule has 8 heteroatoms. The number of carbonyl (C=O) groups excluding carboxylic acids is 1. The Morgan fingerprint density at radius 3 is 2.45 bits per heavy atom. The van der Waals surface area contributed by atoms with Gasteiger partial charge in [0.25, 0.3) is 0 Å². The first-order chi connectivity index (χ1) is 14.9. The van der Waals surface area contributed by atoms with Crippen molar-refractivity contribution in [3.05, 3.63) is 105 Å². The Hall–Kier alpha value is -3.70. The third kappa shape index (κ3) is 4.00. The van der Waals surface area contributed by atoms with Crippen LogP contribution in [-0.2, 0) is 0 Å². The first-order valence-electron chi connectivity index (χ1n) is 9.01. The summed E-state index contributed by atoms with van der Waals surface area (Å²) < 4.78 is 39.6. The van der Waals surface area contributed by atoms with Gasteiger partial charge >= 0.3 is 5.97 Å². The average molecular weight is 483 g/mol. The number of ether oxygens (including phenoxy) is 2. The summed E-state index contributed by atoms with van der Waals surface area (Å²) >= 11 is 3.30. The van der Waals surface area contributed by atoms with Crippen molar-refractivity contribution in [2.75, 3.05) is 0 Å². The number of rotatable bonds is 3. The Morgan fingerprint density at radius 1 is 1.06 bits per heavy atom. The topological polar surface area (TPSA) is 85.3 Å². The predicted molar refractivity (Wildman–Crippen MR) is 111 cm³/mol. The van der Waals surface area contributed by atoms with Gasteiger partial charge in [0.15, 0.2) is 0 Å². The smallest absolute Gasteiger partial charge is 0.343 e. The molecule has 0 unspecified atom stereocenters. The maximum absolute atomic E-state index is 14.5. The molecule has 4 rings (SSSR count). The molecule has 0 bridgehead atoms. The van der Waals surface area contributed by atoms with Gasteiger partial charge in [-0.05, 0) is 36.4 Å². The predicted octanol–water partition coefficient (Wildman–Crippen LogP) is 5.16. The van der Waals surface area contributed by atoms with Gasteiger partial charge < -0.3 is 15.2 Å². The number of nitriles is 1. The van der Waals surface area contributed by atoms with Crippen molar-refractivity contribution < 1.29 is 23.0 Å². The number of carbonyl (C=O) groups is 1. The normalized spacial score (nSPS) is 15.0. The van der Waals surface area contributed by atoms with Gasteiger partial charge in [0, 0.05) is 27.7 Å². The number of nitrogens with two attached hydrogens (primary N) is 1. The van der Waals surface area contributed by atoms with E-state index in [1.54, 1.807) is 30.3 Å². The number of nitrogens with zero attached hydrogens (tertiary/aromatic N) is 1. The van der Waals surface area contributed by atoms with Crippen LogP contribution in [0, 0.1) is 23.0 Å². The molecule has 2 N–H and O–H groups in total. The lowest BCUT2D eigenvalue weighted by Gasteiger charge is -2.27. The summed E-state index contributed by atoms with van der Waals surface area (Å²) in [5.74, 6) is -2.86. The molecule has 1 atom stereocenters. The van der Waals surface area contributed by atoms with Gasteiger partial charge in [-0.1, -0.05) is 28.1 Å². The Labute approximate surface area is 184 Å². The third-order valence-electron chi connectivity index (χ3n) is 4.75. The molecule has 3 aromatic carbocycles. The summed E-state index contributed by atoms with van der Waals surface area (Å²) in [4.78, 5) is 12.4. The fourth-order valence-electron chi connectivity index (χ4n) is 3.31. The molecular formula is C23H13BrF2N2O3. The van der Waals surface area contributed by atoms with E-state index >= 15 is 0 Å². The van der Waals surface area contributed by atoms with Crippen molar-refractivity contribution in [3.8, 4) is 17.6 Å². The molecule has 1 heterocycles. The van der Waals surface area contributed by atoms with Gasteiger partial charge in [-0.3, -0.25) is 0 Å². The number of hydrogen-bond acceptors (Lipinski definition) is 5. The number of benzene rings is 3. The molecule has 0 aromatic heterocycles. The molecule has 1 aliphatic heterocycles. The van der Waals surface area contributed by atoms with Gasteiger partial charge in [-0.25, -0.2) is 13.6 Å². The average Bonchev–Trinajstić information content (AvgIpc) is 2.73. The maximum atomic E-state index is 14.5. The lowest BCUT2D eigenvalue weighted by atomic mass is 9.83. The molecule has 5 nitrogen and oxygen atoms in total. The number of fused-ring (bicyclic) bond motifs is 1. The van der Waals surface area contributed by atoms with E-state index in [4.69, 9.17) is 15.2 Å². The van der Waals surface area contributed by atoms with E-state index < -0.39 is 23.5 Å². The van der Waals surface area contributed by atoms with Crippen molar-refractivity contribution in [1.82, 2.24) is 0 Å². The van der Waals surface area contributed by atoms with Crippen molar-refractivity contribution in [2.45, 2.75) is 5.92 Å². The molecule has 31 heavy (non-hydrogen) atoms. The Morgan fingerprint density at radius 2 is 1.77 bits per heavy atom. The molecule has 0 spiro atoms. The van der Waals surface area contributed by atoms with Gasteiger partial charge in [-0.15, -0.1) is 0 Å². The number of allylic oxidation sites excluding steroid dienone is 1. The van der Waals surface area contributed by atoms with Crippen LogP contribution in [0.4, 0.5) is 8.78 Å². The maximum Gasteiger partial charge on any atom is 0.343 e. The van der Waals surface area contributed by atoms with Crippen LogP contribution in [-0.4, -0.2) is 5.97 Å². The minimum Gasteiger partial charge on any atom is -0.440 e.